The van der Waals surface area contributed by atoms with E-state index in [-0.39, 0.29) is 42.7 Å². The normalized spacial score (nSPS) is 47.0. The Bertz CT molecular complexity index is 1730. The van der Waals surface area contributed by atoms with Crippen LogP contribution in [0.25, 0.3) is 0 Å². The summed E-state index contributed by atoms with van der Waals surface area (Å²) in [5.74, 6) is -2.56. The number of hydrogen-bond acceptors (Lipinski definition) is 14. The Morgan fingerprint density at radius 2 is 1.60 bits per heavy atom. The number of aliphatic hydroxyl groups is 3. The highest BCUT2D eigenvalue weighted by atomic mass is 16.7. The molecule has 0 saturated carbocycles. The van der Waals surface area contributed by atoms with Crippen molar-refractivity contribution in [3.63, 3.8) is 0 Å². The summed E-state index contributed by atoms with van der Waals surface area (Å²) in [6, 6.07) is 0. The Balaban J connectivity index is 1.18. The largest absolute Gasteiger partial charge is 0.462 e. The standard InChI is InChI=1S/C48H72O14/c1-11-25(2)43-28(5)17-18-47(62-43)23-34-20-33(61-47)16-15-27(4)42(26(3)13-12-14-32-24-55-45-40(49)29(6)19-35(46(51)58-34)48(32,45)52)59-39-22-37(54-10)44(31(8)57-39)60-38-21-36(53-9)41(50)30(7)56-38/h12-15,17-19,25-26,28,30-31,33-45,49-50,52H,11,16,20-24H2,1-10H3/t25-,26-,28-,30-,31-,33+,34-,35-,36-,37-,38-,39-,40+,41-,42-,43-,44-,45+,47+,48+/m0/s1. The average molecular weight is 873 g/mol. The van der Waals surface area contributed by atoms with Gasteiger partial charge >= 0.3 is 5.97 Å². The fourth-order valence-corrected chi connectivity index (χ4v) is 10.6. The topological polar surface area (TPSA) is 170 Å². The van der Waals surface area contributed by atoms with Crippen LogP contribution in [-0.2, 0) is 52.2 Å². The van der Waals surface area contributed by atoms with Gasteiger partial charge in [0.25, 0.3) is 0 Å². The maximum atomic E-state index is 14.3. The smallest absolute Gasteiger partial charge is 0.316 e. The van der Waals surface area contributed by atoms with Gasteiger partial charge in [-0.15, -0.1) is 0 Å². The zero-order valence-electron chi connectivity index (χ0n) is 38.2. The van der Waals surface area contributed by atoms with E-state index in [1.54, 1.807) is 40.2 Å². The number of allylic oxidation sites excluding steroid dienone is 2. The summed E-state index contributed by atoms with van der Waals surface area (Å²) in [4.78, 5) is 14.3. The molecule has 0 unspecified atom stereocenters. The molecular weight excluding hydrogens is 801 g/mol. The minimum Gasteiger partial charge on any atom is -0.462 e. The number of carbonyl (C=O) groups excluding carboxylic acids is 1. The monoisotopic (exact) mass is 872 g/mol. The van der Waals surface area contributed by atoms with E-state index in [1.807, 2.05) is 32.1 Å². The lowest BCUT2D eigenvalue weighted by Gasteiger charge is -2.48. The van der Waals surface area contributed by atoms with Crippen LogP contribution < -0.4 is 0 Å². The summed E-state index contributed by atoms with van der Waals surface area (Å²) in [5.41, 5.74) is 0.134. The number of ether oxygens (including phenoxy) is 10. The predicted molar refractivity (Wildman–Crippen MR) is 227 cm³/mol. The number of rotatable bonds is 8. The van der Waals surface area contributed by atoms with Crippen LogP contribution in [0, 0.1) is 23.7 Å². The molecule has 0 aromatic heterocycles. The van der Waals surface area contributed by atoms with Gasteiger partial charge in [0, 0.05) is 51.7 Å². The SMILES string of the molecule is CC[C@H](C)[C@@H]1O[C@]2(C=C[C@@H]1C)C[C@@H]1C[C@@H](CC=C(C)[C@@H](O[C@H]3C[C@H](OC)[C@@H](O[C@H]4C[C@H](OC)[C@@H](O)[C@H](C)O4)[C@H](C)O3)[C@@H](C)C=CC=C3CO[C@@H]4[C@H](O)C(C)=C[C@@H](C(=O)O1)[C@]34O)O2. The Morgan fingerprint density at radius 1 is 0.887 bits per heavy atom. The second kappa shape index (κ2) is 19.7. The van der Waals surface area contributed by atoms with Crippen molar-refractivity contribution in [2.24, 2.45) is 23.7 Å². The van der Waals surface area contributed by atoms with Crippen molar-refractivity contribution >= 4 is 5.97 Å². The van der Waals surface area contributed by atoms with Crippen molar-refractivity contribution in [1.29, 1.82) is 0 Å². The summed E-state index contributed by atoms with van der Waals surface area (Å²) < 4.78 is 63.7. The van der Waals surface area contributed by atoms with Crippen molar-refractivity contribution in [1.82, 2.24) is 0 Å². The number of methoxy groups -OCH3 is 2. The third kappa shape index (κ3) is 9.64. The molecule has 4 saturated heterocycles. The molecule has 0 amide bonds. The molecule has 7 rings (SSSR count). The van der Waals surface area contributed by atoms with Crippen molar-refractivity contribution in [2.75, 3.05) is 20.8 Å². The van der Waals surface area contributed by atoms with E-state index in [0.29, 0.717) is 43.3 Å². The third-order valence-electron chi connectivity index (χ3n) is 14.5. The molecule has 3 N–H and O–H groups in total. The number of hydrogen-bond donors (Lipinski definition) is 3. The van der Waals surface area contributed by atoms with E-state index in [2.05, 4.69) is 39.8 Å². The van der Waals surface area contributed by atoms with Crippen LogP contribution in [0.2, 0.25) is 0 Å². The second-order valence-corrected chi connectivity index (χ2v) is 19.0. The molecule has 2 bridgehead atoms. The number of fused-ring (bicyclic) bond motifs is 2. The van der Waals surface area contributed by atoms with E-state index < -0.39 is 90.8 Å². The average Bonchev–Trinajstić information content (AvgIpc) is 3.58. The zero-order chi connectivity index (χ0) is 44.7. The summed E-state index contributed by atoms with van der Waals surface area (Å²) in [6.45, 7) is 16.1. The van der Waals surface area contributed by atoms with Gasteiger partial charge in [-0.25, -0.2) is 0 Å². The lowest BCUT2D eigenvalue weighted by Crippen LogP contribution is -2.58. The van der Waals surface area contributed by atoms with Gasteiger partial charge in [0.1, 0.15) is 42.0 Å². The van der Waals surface area contributed by atoms with Gasteiger partial charge in [-0.05, 0) is 62.8 Å². The molecule has 14 heteroatoms. The molecule has 6 aliphatic heterocycles. The first kappa shape index (κ1) is 47.6. The maximum Gasteiger partial charge on any atom is 0.316 e. The van der Waals surface area contributed by atoms with Crippen LogP contribution in [0.3, 0.4) is 0 Å². The Morgan fingerprint density at radius 3 is 2.32 bits per heavy atom. The first-order valence-corrected chi connectivity index (χ1v) is 22.9. The molecule has 1 aliphatic carbocycles. The second-order valence-electron chi connectivity index (χ2n) is 19.0. The third-order valence-corrected chi connectivity index (χ3v) is 14.5. The highest BCUT2D eigenvalue weighted by Crippen LogP contribution is 2.47. The van der Waals surface area contributed by atoms with Gasteiger partial charge in [-0.1, -0.05) is 70.6 Å². The van der Waals surface area contributed by atoms with Crippen molar-refractivity contribution in [2.45, 2.75) is 191 Å². The molecule has 20 atom stereocenters. The van der Waals surface area contributed by atoms with Crippen molar-refractivity contribution in [3.05, 3.63) is 59.3 Å². The van der Waals surface area contributed by atoms with Gasteiger partial charge in [-0.3, -0.25) is 4.79 Å². The maximum absolute atomic E-state index is 14.3. The minimum absolute atomic E-state index is 0.0317. The Kier molecular flexibility index (Phi) is 15.1. The highest BCUT2D eigenvalue weighted by Gasteiger charge is 2.60. The number of aliphatic hydroxyl groups excluding tert-OH is 2. The summed E-state index contributed by atoms with van der Waals surface area (Å²) in [5, 5.41) is 34.2. The molecule has 1 spiro atoms. The van der Waals surface area contributed by atoms with Crippen LogP contribution in [0.15, 0.2) is 59.3 Å². The quantitative estimate of drug-likeness (QED) is 0.210. The lowest BCUT2D eigenvalue weighted by molar-refractivity contribution is -0.318. The van der Waals surface area contributed by atoms with Gasteiger partial charge in [0.05, 0.1) is 49.3 Å². The minimum atomic E-state index is -1.84. The van der Waals surface area contributed by atoms with Crippen LogP contribution in [0.4, 0.5) is 0 Å². The first-order chi connectivity index (χ1) is 29.5. The van der Waals surface area contributed by atoms with Crippen molar-refractivity contribution < 1.29 is 67.5 Å². The molecule has 4 fully saturated rings. The predicted octanol–water partition coefficient (Wildman–Crippen LogP) is 5.38. The van der Waals surface area contributed by atoms with Gasteiger partial charge in [0.2, 0.25) is 0 Å². The fourth-order valence-electron chi connectivity index (χ4n) is 10.6. The van der Waals surface area contributed by atoms with Crippen molar-refractivity contribution in [3.8, 4) is 0 Å². The van der Waals surface area contributed by atoms with Crippen LogP contribution in [0.1, 0.15) is 93.9 Å². The number of esters is 1. The van der Waals surface area contributed by atoms with E-state index in [1.165, 1.54) is 0 Å². The van der Waals surface area contributed by atoms with Gasteiger partial charge < -0.3 is 62.7 Å². The Hall–Kier alpha value is -2.31. The van der Waals surface area contributed by atoms with E-state index >= 15 is 0 Å². The molecule has 348 valence electrons. The molecule has 6 heterocycles. The number of carbonyl (C=O) groups is 1. The van der Waals surface area contributed by atoms with Gasteiger partial charge in [0.15, 0.2) is 18.4 Å². The molecule has 0 aromatic carbocycles. The molecule has 0 radical (unpaired) electrons. The first-order valence-electron chi connectivity index (χ1n) is 22.9. The van der Waals surface area contributed by atoms with Crippen LogP contribution >= 0.6 is 0 Å². The van der Waals surface area contributed by atoms with Crippen LogP contribution in [0.5, 0.6) is 0 Å². The summed E-state index contributed by atoms with van der Waals surface area (Å²) in [7, 11) is 3.22. The van der Waals surface area contributed by atoms with Gasteiger partial charge in [-0.2, -0.15) is 0 Å². The summed E-state index contributed by atoms with van der Waals surface area (Å²) in [6.07, 6.45) is 8.55. The lowest BCUT2D eigenvalue weighted by atomic mass is 9.71. The molecular formula is C48H72O14. The molecule has 62 heavy (non-hydrogen) atoms. The highest BCUT2D eigenvalue weighted by molar-refractivity contribution is 5.78. The Labute approximate surface area is 367 Å². The van der Waals surface area contributed by atoms with E-state index in [4.69, 9.17) is 47.4 Å². The van der Waals surface area contributed by atoms with E-state index in [9.17, 15) is 20.1 Å². The fraction of sp³-hybridized carbons (Fsp3) is 0.771. The molecule has 7 aliphatic rings. The molecule has 0 aromatic rings. The van der Waals surface area contributed by atoms with Crippen LogP contribution in [-0.4, -0.2) is 139 Å². The summed E-state index contributed by atoms with van der Waals surface area (Å²) >= 11 is 0. The zero-order valence-corrected chi connectivity index (χ0v) is 38.2. The molecule has 14 nitrogen and oxygen atoms in total. The van der Waals surface area contributed by atoms with E-state index in [0.717, 1.165) is 12.0 Å².